The van der Waals surface area contributed by atoms with Crippen LogP contribution in [0.4, 0.5) is 0 Å². The molecular weight excluding hydrogens is 282 g/mol. The van der Waals surface area contributed by atoms with Crippen LogP contribution in [0, 0.1) is 0 Å². The molecule has 16 heavy (non-hydrogen) atoms. The number of nitrogens with one attached hydrogen (secondary N) is 1. The summed E-state index contributed by atoms with van der Waals surface area (Å²) < 4.78 is 1.16. The van der Waals surface area contributed by atoms with E-state index in [-0.39, 0.29) is 0 Å². The maximum absolute atomic E-state index is 3.48. The summed E-state index contributed by atoms with van der Waals surface area (Å²) in [5.74, 6) is 1.87. The average molecular weight is 302 g/mol. The molecule has 0 saturated heterocycles. The van der Waals surface area contributed by atoms with E-state index in [1.165, 1.54) is 17.7 Å². The number of rotatable bonds is 7. The number of benzene rings is 1. The second kappa shape index (κ2) is 8.15. The minimum atomic E-state index is 0.639. The van der Waals surface area contributed by atoms with E-state index in [1.54, 1.807) is 0 Å². The largest absolute Gasteiger partial charge is 0.316 e. The molecule has 0 saturated carbocycles. The monoisotopic (exact) mass is 301 g/mol. The molecule has 0 radical (unpaired) electrons. The Balaban J connectivity index is 2.62. The highest BCUT2D eigenvalue weighted by atomic mass is 79.9. The molecular formula is C13H20BrNS. The number of hydrogen-bond donors (Lipinski definition) is 1. The molecule has 1 rings (SSSR count). The molecule has 1 atom stereocenters. The predicted molar refractivity (Wildman–Crippen MR) is 78.4 cm³/mol. The molecule has 3 heteroatoms. The van der Waals surface area contributed by atoms with Crippen LogP contribution in [0.5, 0.6) is 0 Å². The molecule has 1 unspecified atom stereocenters. The molecule has 0 aromatic heterocycles. The molecule has 0 fully saturated rings. The number of thioether (sulfide) groups is 1. The SMILES string of the molecule is CCNCC(CCSC)c1ccc(Br)cc1. The van der Waals surface area contributed by atoms with Crippen LogP contribution in [-0.2, 0) is 0 Å². The van der Waals surface area contributed by atoms with E-state index in [2.05, 4.69) is 58.7 Å². The van der Waals surface area contributed by atoms with Crippen molar-refractivity contribution in [1.82, 2.24) is 5.32 Å². The van der Waals surface area contributed by atoms with Crippen LogP contribution in [0.25, 0.3) is 0 Å². The van der Waals surface area contributed by atoms with Crippen LogP contribution in [0.2, 0.25) is 0 Å². The standard InChI is InChI=1S/C13H20BrNS/c1-3-15-10-12(8-9-16-2)11-4-6-13(14)7-5-11/h4-7,12,15H,3,8-10H2,1-2H3. The number of likely N-dealkylation sites (N-methyl/N-ethyl adjacent to an activating group) is 1. The Hall–Kier alpha value is 0.01000. The third kappa shape index (κ3) is 4.89. The van der Waals surface area contributed by atoms with Crippen molar-refractivity contribution >= 4 is 27.7 Å². The molecule has 0 spiro atoms. The summed E-state index contributed by atoms with van der Waals surface area (Å²) in [6.45, 7) is 4.29. The zero-order chi connectivity index (χ0) is 11.8. The zero-order valence-corrected chi connectivity index (χ0v) is 12.4. The van der Waals surface area contributed by atoms with Crippen molar-refractivity contribution in [1.29, 1.82) is 0 Å². The molecule has 90 valence electrons. The predicted octanol–water partition coefficient (Wildman–Crippen LogP) is 3.90. The van der Waals surface area contributed by atoms with Gasteiger partial charge in [0.05, 0.1) is 0 Å². The van der Waals surface area contributed by atoms with Gasteiger partial charge in [-0.05, 0) is 48.6 Å². The van der Waals surface area contributed by atoms with Gasteiger partial charge in [0, 0.05) is 11.0 Å². The van der Waals surface area contributed by atoms with Crippen molar-refractivity contribution in [2.75, 3.05) is 25.1 Å². The normalized spacial score (nSPS) is 12.7. The van der Waals surface area contributed by atoms with Gasteiger partial charge in [-0.15, -0.1) is 0 Å². The van der Waals surface area contributed by atoms with Crippen molar-refractivity contribution < 1.29 is 0 Å². The molecule has 0 aliphatic heterocycles. The maximum atomic E-state index is 3.48. The highest BCUT2D eigenvalue weighted by molar-refractivity contribution is 9.10. The van der Waals surface area contributed by atoms with E-state index in [9.17, 15) is 0 Å². The van der Waals surface area contributed by atoms with Crippen LogP contribution in [-0.4, -0.2) is 25.1 Å². The minimum absolute atomic E-state index is 0.639. The summed E-state index contributed by atoms with van der Waals surface area (Å²) in [7, 11) is 0. The fraction of sp³-hybridized carbons (Fsp3) is 0.538. The summed E-state index contributed by atoms with van der Waals surface area (Å²) in [5.41, 5.74) is 1.44. The summed E-state index contributed by atoms with van der Waals surface area (Å²) in [4.78, 5) is 0. The van der Waals surface area contributed by atoms with Crippen LogP contribution in [0.1, 0.15) is 24.8 Å². The van der Waals surface area contributed by atoms with Gasteiger partial charge in [-0.25, -0.2) is 0 Å². The first-order valence-corrected chi connectivity index (χ1v) is 7.91. The molecule has 0 bridgehead atoms. The molecule has 0 amide bonds. The van der Waals surface area contributed by atoms with Gasteiger partial charge in [0.2, 0.25) is 0 Å². The maximum Gasteiger partial charge on any atom is 0.0175 e. The first-order chi connectivity index (χ1) is 7.77. The van der Waals surface area contributed by atoms with E-state index in [0.29, 0.717) is 5.92 Å². The van der Waals surface area contributed by atoms with Gasteiger partial charge < -0.3 is 5.32 Å². The lowest BCUT2D eigenvalue weighted by atomic mass is 9.96. The van der Waals surface area contributed by atoms with E-state index in [4.69, 9.17) is 0 Å². The quantitative estimate of drug-likeness (QED) is 0.820. The summed E-state index contributed by atoms with van der Waals surface area (Å²) in [5, 5.41) is 3.45. The van der Waals surface area contributed by atoms with Crippen molar-refractivity contribution in [2.45, 2.75) is 19.3 Å². The van der Waals surface area contributed by atoms with Crippen LogP contribution in [0.3, 0.4) is 0 Å². The third-order valence-electron chi connectivity index (χ3n) is 2.65. The van der Waals surface area contributed by atoms with Crippen molar-refractivity contribution in [3.8, 4) is 0 Å². The Labute approximate surface area is 112 Å². The van der Waals surface area contributed by atoms with Crippen LogP contribution in [0.15, 0.2) is 28.7 Å². The Kier molecular flexibility index (Phi) is 7.17. The molecule has 0 aliphatic carbocycles. The van der Waals surface area contributed by atoms with Crippen molar-refractivity contribution in [3.05, 3.63) is 34.3 Å². The summed E-state index contributed by atoms with van der Waals surface area (Å²) >= 11 is 5.40. The van der Waals surface area contributed by atoms with Gasteiger partial charge in [0.1, 0.15) is 0 Å². The van der Waals surface area contributed by atoms with Crippen LogP contribution < -0.4 is 5.32 Å². The first-order valence-electron chi connectivity index (χ1n) is 5.73. The summed E-state index contributed by atoms with van der Waals surface area (Å²) in [6.07, 6.45) is 3.42. The lowest BCUT2D eigenvalue weighted by Crippen LogP contribution is -2.21. The fourth-order valence-corrected chi connectivity index (χ4v) is 2.48. The highest BCUT2D eigenvalue weighted by Gasteiger charge is 2.10. The topological polar surface area (TPSA) is 12.0 Å². The third-order valence-corrected chi connectivity index (χ3v) is 3.83. The second-order valence-electron chi connectivity index (χ2n) is 3.84. The average Bonchev–Trinajstić information content (AvgIpc) is 2.31. The summed E-state index contributed by atoms with van der Waals surface area (Å²) in [6, 6.07) is 8.72. The fourth-order valence-electron chi connectivity index (χ4n) is 1.70. The molecule has 0 heterocycles. The van der Waals surface area contributed by atoms with E-state index >= 15 is 0 Å². The number of hydrogen-bond acceptors (Lipinski definition) is 2. The van der Waals surface area contributed by atoms with Gasteiger partial charge in [0.25, 0.3) is 0 Å². The molecule has 0 aliphatic rings. The van der Waals surface area contributed by atoms with E-state index < -0.39 is 0 Å². The van der Waals surface area contributed by atoms with Gasteiger partial charge >= 0.3 is 0 Å². The Bertz CT molecular complexity index is 278. The second-order valence-corrected chi connectivity index (χ2v) is 5.74. The lowest BCUT2D eigenvalue weighted by Gasteiger charge is -2.17. The Morgan fingerprint density at radius 2 is 2.00 bits per heavy atom. The lowest BCUT2D eigenvalue weighted by molar-refractivity contribution is 0.587. The van der Waals surface area contributed by atoms with Gasteiger partial charge in [-0.1, -0.05) is 35.0 Å². The molecule has 1 aromatic carbocycles. The Morgan fingerprint density at radius 3 is 2.56 bits per heavy atom. The molecule has 1 N–H and O–H groups in total. The van der Waals surface area contributed by atoms with Gasteiger partial charge in [-0.2, -0.15) is 11.8 Å². The molecule has 1 nitrogen and oxygen atoms in total. The van der Waals surface area contributed by atoms with Crippen molar-refractivity contribution in [2.24, 2.45) is 0 Å². The van der Waals surface area contributed by atoms with E-state index in [0.717, 1.165) is 17.6 Å². The first kappa shape index (κ1) is 14.1. The smallest absolute Gasteiger partial charge is 0.0175 e. The number of halogens is 1. The zero-order valence-electron chi connectivity index (χ0n) is 10.0. The highest BCUT2D eigenvalue weighted by Crippen LogP contribution is 2.22. The molecule has 1 aromatic rings. The minimum Gasteiger partial charge on any atom is -0.316 e. The van der Waals surface area contributed by atoms with Crippen LogP contribution >= 0.6 is 27.7 Å². The Morgan fingerprint density at radius 1 is 1.31 bits per heavy atom. The van der Waals surface area contributed by atoms with Gasteiger partial charge in [-0.3, -0.25) is 0 Å². The van der Waals surface area contributed by atoms with Gasteiger partial charge in [0.15, 0.2) is 0 Å². The van der Waals surface area contributed by atoms with Crippen molar-refractivity contribution in [3.63, 3.8) is 0 Å². The van der Waals surface area contributed by atoms with E-state index in [1.807, 2.05) is 11.8 Å².